The fraction of sp³-hybridized carbons (Fsp3) is 0.300. The van der Waals surface area contributed by atoms with Crippen LogP contribution in [0.2, 0.25) is 0 Å². The highest BCUT2D eigenvalue weighted by molar-refractivity contribution is 5.89. The van der Waals surface area contributed by atoms with E-state index < -0.39 is 24.6 Å². The van der Waals surface area contributed by atoms with Gasteiger partial charge >= 0.3 is 0 Å². The molecule has 2 atom stereocenters. The summed E-state index contributed by atoms with van der Waals surface area (Å²) in [6.45, 7) is -0.0369. The van der Waals surface area contributed by atoms with Crippen molar-refractivity contribution in [3.8, 4) is 0 Å². The topological polar surface area (TPSA) is 95.7 Å². The molecular weight excluding hydrogens is 330 g/mol. The van der Waals surface area contributed by atoms with Crippen LogP contribution in [0.4, 0.5) is 0 Å². The second kappa shape index (κ2) is 9.70. The predicted molar refractivity (Wildman–Crippen MR) is 100 cm³/mol. The molecular formula is C20H25N3O3. The summed E-state index contributed by atoms with van der Waals surface area (Å²) in [5.74, 6) is -0.758. The van der Waals surface area contributed by atoms with Gasteiger partial charge in [0.25, 0.3) is 0 Å². The summed E-state index contributed by atoms with van der Waals surface area (Å²) in [5.41, 5.74) is 7.50. The van der Waals surface area contributed by atoms with Gasteiger partial charge in [0, 0.05) is 20.0 Å². The zero-order valence-corrected chi connectivity index (χ0v) is 14.8. The zero-order valence-electron chi connectivity index (χ0n) is 14.8. The molecule has 0 bridgehead atoms. The third-order valence-corrected chi connectivity index (χ3v) is 4.07. The van der Waals surface area contributed by atoms with E-state index in [9.17, 15) is 9.59 Å². The molecule has 0 aliphatic heterocycles. The third kappa shape index (κ3) is 5.68. The number of aliphatic hydroxyl groups is 1. The van der Waals surface area contributed by atoms with Crippen LogP contribution < -0.4 is 11.1 Å². The molecule has 0 heterocycles. The van der Waals surface area contributed by atoms with Crippen LogP contribution in [-0.4, -0.2) is 47.6 Å². The summed E-state index contributed by atoms with van der Waals surface area (Å²) in [7, 11) is 1.70. The number of carbonyl (C=O) groups excluding carboxylic acids is 2. The molecule has 4 N–H and O–H groups in total. The first-order valence-electron chi connectivity index (χ1n) is 8.51. The van der Waals surface area contributed by atoms with E-state index in [0.29, 0.717) is 13.0 Å². The van der Waals surface area contributed by atoms with Crippen LogP contribution in [0.5, 0.6) is 0 Å². The fourth-order valence-corrected chi connectivity index (χ4v) is 2.61. The number of nitrogens with one attached hydrogen (secondary N) is 1. The fourth-order valence-electron chi connectivity index (χ4n) is 2.61. The Bertz CT molecular complexity index is 707. The Morgan fingerprint density at radius 3 is 2.12 bits per heavy atom. The number of carbonyl (C=O) groups is 2. The monoisotopic (exact) mass is 355 g/mol. The molecule has 0 spiro atoms. The molecule has 0 saturated carbocycles. The Balaban J connectivity index is 2.12. The van der Waals surface area contributed by atoms with Crippen molar-refractivity contribution >= 4 is 11.8 Å². The number of rotatable bonds is 8. The van der Waals surface area contributed by atoms with Gasteiger partial charge in [-0.3, -0.25) is 9.59 Å². The molecule has 0 saturated heterocycles. The maximum atomic E-state index is 12.9. The molecule has 26 heavy (non-hydrogen) atoms. The third-order valence-electron chi connectivity index (χ3n) is 4.07. The Hall–Kier alpha value is -2.70. The first kappa shape index (κ1) is 19.6. The lowest BCUT2D eigenvalue weighted by Crippen LogP contribution is -2.53. The van der Waals surface area contributed by atoms with E-state index in [1.54, 1.807) is 11.9 Å². The number of nitrogens with two attached hydrogens (primary N) is 1. The molecule has 0 radical (unpaired) electrons. The van der Waals surface area contributed by atoms with Crippen molar-refractivity contribution in [2.24, 2.45) is 5.73 Å². The van der Waals surface area contributed by atoms with Crippen LogP contribution in [0.1, 0.15) is 11.1 Å². The van der Waals surface area contributed by atoms with E-state index >= 15 is 0 Å². The van der Waals surface area contributed by atoms with Gasteiger partial charge in [-0.2, -0.15) is 0 Å². The molecule has 0 unspecified atom stereocenters. The maximum absolute atomic E-state index is 12.9. The van der Waals surface area contributed by atoms with Crippen molar-refractivity contribution in [3.05, 3.63) is 71.8 Å². The number of amides is 2. The number of benzene rings is 2. The summed E-state index contributed by atoms with van der Waals surface area (Å²) >= 11 is 0. The van der Waals surface area contributed by atoms with Crippen LogP contribution >= 0.6 is 0 Å². The molecule has 0 fully saturated rings. The van der Waals surface area contributed by atoms with Gasteiger partial charge in [0.05, 0.1) is 6.61 Å². The quantitative estimate of drug-likeness (QED) is 0.649. The van der Waals surface area contributed by atoms with Gasteiger partial charge in [-0.25, -0.2) is 0 Å². The van der Waals surface area contributed by atoms with Crippen molar-refractivity contribution < 1.29 is 14.7 Å². The van der Waals surface area contributed by atoms with Crippen molar-refractivity contribution in [2.45, 2.75) is 25.0 Å². The number of aliphatic hydroxyl groups excluding tert-OH is 1. The first-order valence-corrected chi connectivity index (χ1v) is 8.51. The van der Waals surface area contributed by atoms with Crippen LogP contribution in [0, 0.1) is 0 Å². The lowest BCUT2D eigenvalue weighted by Gasteiger charge is -2.25. The Labute approximate surface area is 153 Å². The zero-order chi connectivity index (χ0) is 18.9. The number of hydrogen-bond acceptors (Lipinski definition) is 4. The highest BCUT2D eigenvalue weighted by Crippen LogP contribution is 2.09. The Kier molecular flexibility index (Phi) is 7.32. The van der Waals surface area contributed by atoms with Crippen LogP contribution in [0.25, 0.3) is 0 Å². The second-order valence-corrected chi connectivity index (χ2v) is 6.22. The van der Waals surface area contributed by atoms with E-state index in [-0.39, 0.29) is 5.91 Å². The van der Waals surface area contributed by atoms with Crippen molar-refractivity contribution in [3.63, 3.8) is 0 Å². The van der Waals surface area contributed by atoms with Gasteiger partial charge in [0.2, 0.25) is 11.8 Å². The summed E-state index contributed by atoms with van der Waals surface area (Å²) in [4.78, 5) is 26.6. The molecule has 2 amide bonds. The van der Waals surface area contributed by atoms with Crippen molar-refractivity contribution in [1.82, 2.24) is 10.2 Å². The van der Waals surface area contributed by atoms with E-state index in [4.69, 9.17) is 10.8 Å². The summed E-state index contributed by atoms with van der Waals surface area (Å²) < 4.78 is 0. The van der Waals surface area contributed by atoms with Crippen LogP contribution in [0.3, 0.4) is 0 Å². The average molecular weight is 355 g/mol. The lowest BCUT2D eigenvalue weighted by molar-refractivity contribution is -0.136. The molecule has 0 aliphatic rings. The van der Waals surface area contributed by atoms with E-state index in [1.807, 2.05) is 60.7 Å². The van der Waals surface area contributed by atoms with E-state index in [1.165, 1.54) is 0 Å². The van der Waals surface area contributed by atoms with E-state index in [0.717, 1.165) is 11.1 Å². The minimum Gasteiger partial charge on any atom is -0.394 e. The molecule has 6 nitrogen and oxygen atoms in total. The van der Waals surface area contributed by atoms with Crippen LogP contribution in [-0.2, 0) is 22.6 Å². The molecule has 2 aromatic carbocycles. The number of likely N-dealkylation sites (N-methyl/N-ethyl adjacent to an activating group) is 1. The highest BCUT2D eigenvalue weighted by Gasteiger charge is 2.26. The van der Waals surface area contributed by atoms with Gasteiger partial charge in [-0.05, 0) is 11.1 Å². The average Bonchev–Trinajstić information content (AvgIpc) is 2.67. The van der Waals surface area contributed by atoms with Crippen molar-refractivity contribution in [1.29, 1.82) is 0 Å². The van der Waals surface area contributed by atoms with Crippen LogP contribution in [0.15, 0.2) is 60.7 Å². The summed E-state index contributed by atoms with van der Waals surface area (Å²) in [5, 5.41) is 11.7. The lowest BCUT2D eigenvalue weighted by atomic mass is 10.0. The standard InChI is InChI=1S/C20H25N3O3/c1-23(13-16-10-6-3-7-11-16)20(26)18(22-19(25)17(21)14-24)12-15-8-4-2-5-9-15/h2-11,17-18,24H,12-14,21H2,1H3,(H,22,25)/t17-,18-/m0/s1. The van der Waals surface area contributed by atoms with Gasteiger partial charge in [-0.15, -0.1) is 0 Å². The van der Waals surface area contributed by atoms with Crippen molar-refractivity contribution in [2.75, 3.05) is 13.7 Å². The normalized spacial score (nSPS) is 12.9. The van der Waals surface area contributed by atoms with Gasteiger partial charge in [0.1, 0.15) is 12.1 Å². The maximum Gasteiger partial charge on any atom is 0.245 e. The molecule has 0 aromatic heterocycles. The SMILES string of the molecule is CN(Cc1ccccc1)C(=O)[C@H](Cc1ccccc1)NC(=O)[C@@H](N)CO. The molecule has 138 valence electrons. The smallest absolute Gasteiger partial charge is 0.245 e. The summed E-state index contributed by atoms with van der Waals surface area (Å²) in [6, 6.07) is 17.3. The van der Waals surface area contributed by atoms with Gasteiger partial charge in [0.15, 0.2) is 0 Å². The minimum atomic E-state index is -1.06. The number of nitrogens with zero attached hydrogens (tertiary/aromatic N) is 1. The van der Waals surface area contributed by atoms with Gasteiger partial charge in [-0.1, -0.05) is 60.7 Å². The first-order chi connectivity index (χ1) is 12.5. The minimum absolute atomic E-state index is 0.212. The largest absolute Gasteiger partial charge is 0.394 e. The van der Waals surface area contributed by atoms with Gasteiger partial charge < -0.3 is 21.1 Å². The number of hydrogen-bond donors (Lipinski definition) is 3. The highest BCUT2D eigenvalue weighted by atomic mass is 16.3. The predicted octanol–water partition coefficient (Wildman–Crippen LogP) is 0.692. The molecule has 2 rings (SSSR count). The molecule has 2 aromatic rings. The summed E-state index contributed by atoms with van der Waals surface area (Å²) in [6.07, 6.45) is 0.350. The molecule has 6 heteroatoms. The second-order valence-electron chi connectivity index (χ2n) is 6.22. The molecule has 0 aliphatic carbocycles. The van der Waals surface area contributed by atoms with E-state index in [2.05, 4.69) is 5.32 Å². The Morgan fingerprint density at radius 1 is 1.04 bits per heavy atom. The Morgan fingerprint density at radius 2 is 1.58 bits per heavy atom.